The Morgan fingerprint density at radius 1 is 0.404 bits per heavy atom. The number of carbonyl (C=O) groups is 1. The Kier molecular flexibility index (Phi) is 20.4. The number of hydrogen-bond acceptors (Lipinski definition) is 15. The van der Waals surface area contributed by atoms with Crippen LogP contribution in [0.3, 0.4) is 0 Å². The van der Waals surface area contributed by atoms with Crippen molar-refractivity contribution in [1.29, 1.82) is 0 Å². The van der Waals surface area contributed by atoms with Crippen LogP contribution in [0.25, 0.3) is 0 Å². The maximum atomic E-state index is 14.9. The van der Waals surface area contributed by atoms with E-state index in [1.54, 1.807) is 34.6 Å². The Bertz CT molecular complexity index is 3430. The van der Waals surface area contributed by atoms with Gasteiger partial charge in [-0.3, -0.25) is 4.79 Å². The monoisotopic (exact) mass is 1630 g/mol. The van der Waals surface area contributed by atoms with Crippen molar-refractivity contribution in [2.24, 2.45) is 124 Å². The van der Waals surface area contributed by atoms with Crippen LogP contribution in [-0.4, -0.2) is 186 Å². The largest absolute Gasteiger partial charge is 0.449 e. The van der Waals surface area contributed by atoms with Crippen molar-refractivity contribution < 1.29 is 183 Å². The summed E-state index contributed by atoms with van der Waals surface area (Å²) in [6, 6.07) is 0. The Morgan fingerprint density at radius 2 is 0.798 bits per heavy atom. The first-order chi connectivity index (χ1) is 48.9. The van der Waals surface area contributed by atoms with Gasteiger partial charge in [-0.05, 0) is 171 Å². The quantitative estimate of drug-likeness (QED) is 0.0859. The lowest BCUT2D eigenvalue weighted by Gasteiger charge is -2.46. The molecule has 6 N–H and O–H groups in total. The van der Waals surface area contributed by atoms with E-state index in [0.29, 0.717) is 49.9 Å². The summed E-state index contributed by atoms with van der Waals surface area (Å²) >= 11 is 0. The zero-order valence-corrected chi connectivity index (χ0v) is 60.9. The molecule has 0 aromatic heterocycles. The number of hydrogen-bond donors (Lipinski definition) is 6. The number of fused-ring (bicyclic) bond motifs is 18. The van der Waals surface area contributed by atoms with Gasteiger partial charge in [0, 0.05) is 38.7 Å². The zero-order chi connectivity index (χ0) is 82.9. The third kappa shape index (κ3) is 11.1. The molecule has 15 nitrogen and oxygen atoms in total. The molecule has 34 atom stereocenters. The van der Waals surface area contributed by atoms with E-state index in [2.05, 4.69) is 30.6 Å². The molecule has 15 fully saturated rings. The third-order valence-electron chi connectivity index (χ3n) is 30.4. The number of ether oxygens (including phenoxy) is 8. The molecule has 5 heterocycles. The van der Waals surface area contributed by atoms with E-state index in [4.69, 9.17) is 14.2 Å². The second-order valence-corrected chi connectivity index (χ2v) is 34.7. The van der Waals surface area contributed by atoms with Crippen LogP contribution in [0.2, 0.25) is 0 Å². The molecule has 10 saturated carbocycles. The lowest BCUT2D eigenvalue weighted by molar-refractivity contribution is -0.418. The summed E-state index contributed by atoms with van der Waals surface area (Å²) in [5.41, 5.74) is -12.1. The number of aliphatic hydroxyl groups is 6. The molecule has 2 spiro atoms. The van der Waals surface area contributed by atoms with Crippen molar-refractivity contribution >= 4 is 5.97 Å². The van der Waals surface area contributed by atoms with Crippen LogP contribution >= 0.6 is 0 Å². The normalized spacial score (nSPS) is 53.1. The predicted molar refractivity (Wildman–Crippen MR) is 319 cm³/mol. The summed E-state index contributed by atoms with van der Waals surface area (Å²) in [6.07, 6.45) is -31.6. The fraction of sp³-hybridized carbons (Fsp3) is 0.986. The highest BCUT2D eigenvalue weighted by Crippen LogP contribution is 2.76. The maximum Gasteiger partial charge on any atom is 0.449 e. The van der Waals surface area contributed by atoms with E-state index in [1.807, 2.05) is 27.7 Å². The van der Waals surface area contributed by atoms with Crippen molar-refractivity contribution in [2.75, 3.05) is 13.9 Å². The van der Waals surface area contributed by atoms with Gasteiger partial charge in [0.25, 0.3) is 0 Å². The van der Waals surface area contributed by atoms with Crippen molar-refractivity contribution in [3.8, 4) is 0 Å². The molecule has 632 valence electrons. The molecule has 5 aliphatic heterocycles. The van der Waals surface area contributed by atoms with E-state index in [9.17, 15) is 145 Å². The Labute approximate surface area is 608 Å². The van der Waals surface area contributed by atoms with E-state index in [0.717, 1.165) is 13.3 Å². The fourth-order valence-corrected chi connectivity index (χ4v) is 23.7. The average Bonchev–Trinajstić information content (AvgIpc) is 1.51. The number of halogens is 25. The molecule has 10 aliphatic carbocycles. The van der Waals surface area contributed by atoms with Crippen LogP contribution in [0, 0.1) is 124 Å². The SMILES string of the molecule is CC(=O)OC12C3CC(C(C)C3C)C1OC(O)(C(F)(F)F)C2(F)F.CC1C2CC(C1C)C1(C2)CC(F)(F)C(O)(C(F)(F)F)O1.CC1C2CC(C1C)C1(C2)OC(O)(C(F)(F)F)C(F)(F)C1(C)O.CC1C2CC(C3CC(F)(F)C(O)(C(F)(F)F)O3)C(C2)C1C.COCOC12C3CC(C(C)C3C)C1OC(O)(C(F)(F)F)C2(F)F. The molecule has 0 amide bonds. The van der Waals surface area contributed by atoms with Crippen molar-refractivity contribution in [3.05, 3.63) is 0 Å². The molecular formula is C69H91F25O15. The molecule has 10 bridgehead atoms. The van der Waals surface area contributed by atoms with Crippen LogP contribution < -0.4 is 0 Å². The Balaban J connectivity index is 0.000000135. The predicted octanol–water partition coefficient (Wildman–Crippen LogP) is 14.7. The van der Waals surface area contributed by atoms with Gasteiger partial charge in [-0.15, -0.1) is 0 Å². The average molecular weight is 1640 g/mol. The molecule has 15 aliphatic rings. The Morgan fingerprint density at radius 3 is 1.17 bits per heavy atom. The van der Waals surface area contributed by atoms with Crippen LogP contribution in [0.15, 0.2) is 0 Å². The first-order valence-electron chi connectivity index (χ1n) is 36.2. The minimum absolute atomic E-state index is 0.0279. The third-order valence-corrected chi connectivity index (χ3v) is 30.4. The van der Waals surface area contributed by atoms with Gasteiger partial charge >= 0.3 is 95.4 Å². The minimum atomic E-state index is -5.72. The number of esters is 1. The summed E-state index contributed by atoms with van der Waals surface area (Å²) in [5, 5.41) is 58.3. The smallest absolute Gasteiger partial charge is 0.449 e. The molecule has 40 heteroatoms. The molecule has 15 rings (SSSR count). The van der Waals surface area contributed by atoms with Gasteiger partial charge in [-0.2, -0.15) is 92.2 Å². The molecule has 34 unspecified atom stereocenters. The number of carbonyl (C=O) groups excluding carboxylic acids is 1. The van der Waals surface area contributed by atoms with Gasteiger partial charge in [0.2, 0.25) is 5.60 Å². The van der Waals surface area contributed by atoms with Crippen LogP contribution in [0.4, 0.5) is 110 Å². The topological polar surface area (TPSA) is 212 Å². The molecule has 0 aromatic rings. The standard InChI is InChI=1S/C14H19F5O4.C14H17F5O4.C14H19F5O3.C14H19F5O2.C13H17F5O2/c1-6-7(2)9-4-8(6)10-11(9,22-5-21-3)12(15,16)13(20,23-10)14(17,18)19;1-5-6(2)9-4-8(5)10-11(9,22-7(3)20)12(15,16)13(21,23-10)14(17,18)19;1-6-7(2)9-4-8(6)5-11(9)10(3,20)12(15,16)13(21,22-11)14(17,18)19;1-6-7(2)9-3-8(6)4-10(9)11-5-12(15,16)13(20,21-11)14(17,18)19;1-6-7(2)9-3-8(6)4-10(9)5-11(14,15)12(19,20-10)13(16,17)18/h6-10,20H,4-5H2,1-3H3;5-6,8-10,21H,4H2,1-3H3;6-9,20-21H,4-5H2,1-3H3;6-11,20H,3-5H2,1-2H3;6-9,19H,3-5H2,1-2H3. The first kappa shape index (κ1) is 87.0. The summed E-state index contributed by atoms with van der Waals surface area (Å²) in [7, 11) is 1.19. The summed E-state index contributed by atoms with van der Waals surface area (Å²) < 4.78 is 376. The minimum Gasteiger partial charge on any atom is -0.449 e. The van der Waals surface area contributed by atoms with Crippen molar-refractivity contribution in [2.45, 2.75) is 283 Å². The molecule has 0 radical (unpaired) electrons. The lowest BCUT2D eigenvalue weighted by atomic mass is 9.65. The molecular weight excluding hydrogens is 1540 g/mol. The molecule has 5 saturated heterocycles. The van der Waals surface area contributed by atoms with Crippen LogP contribution in [0.5, 0.6) is 0 Å². The summed E-state index contributed by atoms with van der Waals surface area (Å²) in [6.45, 7) is 19.4. The van der Waals surface area contributed by atoms with Gasteiger partial charge in [0.1, 0.15) is 24.6 Å². The van der Waals surface area contributed by atoms with Crippen LogP contribution in [0.1, 0.15) is 147 Å². The summed E-state index contributed by atoms with van der Waals surface area (Å²) in [4.78, 5) is 11.4. The van der Waals surface area contributed by atoms with Gasteiger partial charge < -0.3 is 68.5 Å². The second kappa shape index (κ2) is 25.6. The highest BCUT2D eigenvalue weighted by molar-refractivity contribution is 5.67. The molecule has 109 heavy (non-hydrogen) atoms. The van der Waals surface area contributed by atoms with Crippen molar-refractivity contribution in [3.63, 3.8) is 0 Å². The highest BCUT2D eigenvalue weighted by Gasteiger charge is 2.95. The maximum absolute atomic E-state index is 14.9. The lowest BCUT2D eigenvalue weighted by Crippen LogP contribution is -2.67. The Hall–Kier alpha value is -2.80. The zero-order valence-electron chi connectivity index (χ0n) is 60.9. The van der Waals surface area contributed by atoms with Crippen molar-refractivity contribution in [1.82, 2.24) is 0 Å². The fourth-order valence-electron chi connectivity index (χ4n) is 23.7. The van der Waals surface area contributed by atoms with Gasteiger partial charge in [0.05, 0.1) is 11.7 Å². The highest BCUT2D eigenvalue weighted by atomic mass is 19.4. The second-order valence-electron chi connectivity index (χ2n) is 34.7. The summed E-state index contributed by atoms with van der Waals surface area (Å²) in [5.74, 6) is -50.4. The molecule has 0 aromatic carbocycles. The van der Waals surface area contributed by atoms with Gasteiger partial charge in [-0.1, -0.05) is 69.2 Å². The van der Waals surface area contributed by atoms with E-state index in [1.165, 1.54) is 7.11 Å². The van der Waals surface area contributed by atoms with Gasteiger partial charge in [0.15, 0.2) is 11.2 Å². The van der Waals surface area contributed by atoms with E-state index >= 15 is 0 Å². The number of methoxy groups -OCH3 is 1. The number of alkyl halides is 25. The van der Waals surface area contributed by atoms with E-state index in [-0.39, 0.29) is 96.7 Å². The van der Waals surface area contributed by atoms with Gasteiger partial charge in [-0.25, -0.2) is 17.6 Å². The van der Waals surface area contributed by atoms with E-state index < -0.39 is 191 Å². The number of rotatable bonds is 5. The first-order valence-corrected chi connectivity index (χ1v) is 36.2. The van der Waals surface area contributed by atoms with Crippen LogP contribution in [-0.2, 0) is 42.7 Å².